The lowest BCUT2D eigenvalue weighted by Gasteiger charge is -2.26. The van der Waals surface area contributed by atoms with E-state index in [0.29, 0.717) is 35.4 Å². The molecule has 8 nitrogen and oxygen atoms in total. The van der Waals surface area contributed by atoms with Crippen molar-refractivity contribution >= 4 is 27.5 Å². The van der Waals surface area contributed by atoms with Crippen LogP contribution in [0.4, 0.5) is 4.39 Å². The average Bonchev–Trinajstić information content (AvgIpc) is 3.52. The van der Waals surface area contributed by atoms with Gasteiger partial charge in [0.1, 0.15) is 17.0 Å². The number of aryl methyl sites for hydroxylation is 1. The number of fused-ring (bicyclic) bond motifs is 1. The van der Waals surface area contributed by atoms with Crippen LogP contribution in [0.3, 0.4) is 0 Å². The summed E-state index contributed by atoms with van der Waals surface area (Å²) in [6.45, 7) is 5.18. The summed E-state index contributed by atoms with van der Waals surface area (Å²) < 4.78 is 29.8. The molecule has 0 bridgehead atoms. The van der Waals surface area contributed by atoms with E-state index in [0.717, 1.165) is 48.4 Å². The molecular weight excluding hydrogens is 479 g/mol. The van der Waals surface area contributed by atoms with Gasteiger partial charge in [-0.15, -0.1) is 0 Å². The van der Waals surface area contributed by atoms with Crippen molar-refractivity contribution in [2.45, 2.75) is 19.8 Å². The van der Waals surface area contributed by atoms with Gasteiger partial charge in [0.15, 0.2) is 11.6 Å². The molecule has 10 heteroatoms. The number of nitrogens with zero attached hydrogens (tertiary/aromatic N) is 3. The number of aromatic amines is 2. The van der Waals surface area contributed by atoms with E-state index in [4.69, 9.17) is 0 Å². The highest BCUT2D eigenvalue weighted by molar-refractivity contribution is 7.82. The molecule has 0 spiro atoms. The van der Waals surface area contributed by atoms with Crippen molar-refractivity contribution in [2.75, 3.05) is 32.4 Å². The monoisotopic (exact) mass is 508 g/mol. The molecule has 0 amide bonds. The first-order valence-corrected chi connectivity index (χ1v) is 13.5. The normalized spacial score (nSPS) is 15.4. The summed E-state index contributed by atoms with van der Waals surface area (Å²) in [5.74, 6) is 0.354. The second-order valence-electron chi connectivity index (χ2n) is 8.91. The van der Waals surface area contributed by atoms with Crippen molar-refractivity contribution in [2.24, 2.45) is 0 Å². The Balaban J connectivity index is 1.40. The molecule has 0 radical (unpaired) electrons. The van der Waals surface area contributed by atoms with Gasteiger partial charge in [-0.25, -0.2) is 18.3 Å². The summed E-state index contributed by atoms with van der Waals surface area (Å²) in [6, 6.07) is 8.59. The smallest absolute Gasteiger partial charge is 0.159 e. The zero-order valence-electron chi connectivity index (χ0n) is 20.3. The van der Waals surface area contributed by atoms with Crippen LogP contribution in [-0.2, 0) is 17.4 Å². The molecule has 1 atom stereocenters. The Morgan fingerprint density at radius 3 is 2.89 bits per heavy atom. The molecule has 188 valence electrons. The van der Waals surface area contributed by atoms with Crippen LogP contribution in [0.25, 0.3) is 39.1 Å². The third-order valence-electron chi connectivity index (χ3n) is 6.55. The summed E-state index contributed by atoms with van der Waals surface area (Å²) in [5, 5.41) is 17.7. The number of phenols is 1. The predicted molar refractivity (Wildman–Crippen MR) is 141 cm³/mol. The van der Waals surface area contributed by atoms with Crippen LogP contribution in [0.15, 0.2) is 42.6 Å². The Kier molecular flexibility index (Phi) is 6.99. The number of hydrogen-bond donors (Lipinski definition) is 4. The number of hydrogen-bond acceptors (Lipinski definition) is 5. The molecule has 1 unspecified atom stereocenters. The quantitative estimate of drug-likeness (QED) is 0.288. The maximum atomic E-state index is 15.6. The first-order valence-electron chi connectivity index (χ1n) is 12.0. The van der Waals surface area contributed by atoms with E-state index in [1.807, 2.05) is 13.0 Å². The molecule has 0 saturated heterocycles. The minimum Gasteiger partial charge on any atom is -0.508 e. The van der Waals surface area contributed by atoms with E-state index in [-0.39, 0.29) is 11.3 Å². The van der Waals surface area contributed by atoms with Crippen LogP contribution in [0.5, 0.6) is 5.75 Å². The number of aromatic nitrogens is 4. The van der Waals surface area contributed by atoms with Crippen molar-refractivity contribution < 1.29 is 13.7 Å². The van der Waals surface area contributed by atoms with Crippen molar-refractivity contribution in [3.05, 3.63) is 59.7 Å². The minimum atomic E-state index is -1.01. The third-order valence-corrected chi connectivity index (χ3v) is 7.16. The van der Waals surface area contributed by atoms with Gasteiger partial charge in [-0.2, -0.15) is 5.10 Å². The van der Waals surface area contributed by atoms with E-state index in [2.05, 4.69) is 35.9 Å². The van der Waals surface area contributed by atoms with Crippen LogP contribution >= 0.6 is 0 Å². The first-order chi connectivity index (χ1) is 17.4. The van der Waals surface area contributed by atoms with Crippen molar-refractivity contribution in [3.63, 3.8) is 0 Å². The van der Waals surface area contributed by atoms with Gasteiger partial charge in [-0.1, -0.05) is 25.1 Å². The van der Waals surface area contributed by atoms with E-state index >= 15 is 4.39 Å². The van der Waals surface area contributed by atoms with Gasteiger partial charge in [-0.05, 0) is 47.7 Å². The number of rotatable bonds is 8. The molecule has 0 aliphatic carbocycles. The number of benzene rings is 2. The summed E-state index contributed by atoms with van der Waals surface area (Å²) in [6.07, 6.45) is 7.24. The van der Waals surface area contributed by atoms with Gasteiger partial charge in [0.25, 0.3) is 0 Å². The Bertz CT molecular complexity index is 1460. The molecule has 4 N–H and O–H groups in total. The zero-order chi connectivity index (χ0) is 25.2. The van der Waals surface area contributed by atoms with Crippen molar-refractivity contribution in [1.82, 2.24) is 29.8 Å². The van der Waals surface area contributed by atoms with Gasteiger partial charge in [0, 0.05) is 43.4 Å². The highest BCUT2D eigenvalue weighted by Crippen LogP contribution is 2.35. The number of aromatic hydroxyl groups is 1. The summed E-state index contributed by atoms with van der Waals surface area (Å²) in [5.41, 5.74) is 5.01. The second kappa shape index (κ2) is 10.3. The Morgan fingerprint density at radius 1 is 1.25 bits per heavy atom. The highest BCUT2D eigenvalue weighted by Gasteiger charge is 2.20. The maximum absolute atomic E-state index is 15.6. The topological polar surface area (TPSA) is 110 Å². The largest absolute Gasteiger partial charge is 0.508 e. The highest BCUT2D eigenvalue weighted by atomic mass is 32.2. The first kappa shape index (κ1) is 24.4. The van der Waals surface area contributed by atoms with Gasteiger partial charge < -0.3 is 10.1 Å². The van der Waals surface area contributed by atoms with Crippen molar-refractivity contribution in [1.29, 1.82) is 0 Å². The SMILES string of the molecule is CCc1cc(O)ccc1-c1ccc2c(-c3ncc(C4=CCCN(CCNS(C)=O)C4)[nH]3)[nH]nc2c1F. The fraction of sp³-hybridized carbons (Fsp3) is 0.308. The third kappa shape index (κ3) is 4.84. The molecule has 0 fully saturated rings. The molecule has 3 heterocycles. The summed E-state index contributed by atoms with van der Waals surface area (Å²) >= 11 is 0. The van der Waals surface area contributed by atoms with Gasteiger partial charge in [0.05, 0.1) is 22.9 Å². The molecule has 2 aromatic carbocycles. The summed E-state index contributed by atoms with van der Waals surface area (Å²) in [4.78, 5) is 10.2. The Hall–Kier alpha value is -3.34. The predicted octanol–water partition coefficient (Wildman–Crippen LogP) is 4.00. The lowest BCUT2D eigenvalue weighted by atomic mass is 9.96. The van der Waals surface area contributed by atoms with E-state index in [1.54, 1.807) is 36.7 Å². The van der Waals surface area contributed by atoms with Crippen LogP contribution in [-0.4, -0.2) is 66.8 Å². The second-order valence-corrected chi connectivity index (χ2v) is 10.1. The van der Waals surface area contributed by atoms with Gasteiger partial charge in [0.2, 0.25) is 0 Å². The van der Waals surface area contributed by atoms with Crippen LogP contribution in [0.1, 0.15) is 24.6 Å². The Morgan fingerprint density at radius 2 is 2.08 bits per heavy atom. The molecule has 1 aliphatic heterocycles. The number of nitrogens with one attached hydrogen (secondary N) is 3. The molecule has 0 saturated carbocycles. The number of imidazole rings is 1. The average molecular weight is 509 g/mol. The number of H-pyrrole nitrogens is 2. The van der Waals surface area contributed by atoms with Crippen LogP contribution in [0.2, 0.25) is 0 Å². The number of halogens is 1. The molecule has 4 aromatic rings. The number of phenolic OH excluding ortho intramolecular Hbond substituents is 1. The van der Waals surface area contributed by atoms with E-state index < -0.39 is 16.8 Å². The van der Waals surface area contributed by atoms with E-state index in [9.17, 15) is 9.32 Å². The van der Waals surface area contributed by atoms with Crippen molar-refractivity contribution in [3.8, 4) is 28.4 Å². The maximum Gasteiger partial charge on any atom is 0.159 e. The zero-order valence-corrected chi connectivity index (χ0v) is 21.1. The molecule has 2 aromatic heterocycles. The van der Waals surface area contributed by atoms with Crippen LogP contribution < -0.4 is 4.72 Å². The van der Waals surface area contributed by atoms with Gasteiger partial charge in [-0.3, -0.25) is 10.00 Å². The Labute approximate surface area is 211 Å². The fourth-order valence-corrected chi connectivity index (χ4v) is 5.10. The minimum absolute atomic E-state index is 0.165. The standard InChI is InChI=1S/C26H29FN6O2S/c1-3-16-13-18(34)6-7-19(16)20-8-9-21-24(23(20)27)31-32-25(21)26-28-14-22(30-26)17-5-4-11-33(15-17)12-10-29-36(2)35/h5-9,13-14,29,34H,3-4,10-12,15H2,1-2H3,(H,28,30)(H,31,32). The molecule has 5 rings (SSSR count). The lowest BCUT2D eigenvalue weighted by molar-refractivity contribution is 0.310. The summed E-state index contributed by atoms with van der Waals surface area (Å²) in [7, 11) is -1.01. The van der Waals surface area contributed by atoms with Gasteiger partial charge >= 0.3 is 0 Å². The molecule has 36 heavy (non-hydrogen) atoms. The van der Waals surface area contributed by atoms with E-state index in [1.165, 1.54) is 0 Å². The van der Waals surface area contributed by atoms with Crippen LogP contribution in [0, 0.1) is 5.82 Å². The fourth-order valence-electron chi connectivity index (χ4n) is 4.72. The lowest BCUT2D eigenvalue weighted by Crippen LogP contribution is -2.36. The molecular formula is C26H29FN6O2S. The molecule has 1 aliphatic rings.